The Balaban J connectivity index is 1.56. The molecule has 0 bridgehead atoms. The molecule has 1 aromatic rings. The van der Waals surface area contributed by atoms with E-state index in [9.17, 15) is 4.79 Å². The highest BCUT2D eigenvalue weighted by Gasteiger charge is 2.12. The number of nitrogens with one attached hydrogen (secondary N) is 3. The van der Waals surface area contributed by atoms with Gasteiger partial charge in [0.25, 0.3) is 0 Å². The molecule has 0 radical (unpaired) electrons. The number of amides is 2. The van der Waals surface area contributed by atoms with Gasteiger partial charge in [0.15, 0.2) is 0 Å². The van der Waals surface area contributed by atoms with Crippen LogP contribution in [-0.4, -0.2) is 37.8 Å². The molecule has 3 N–H and O–H groups in total. The van der Waals surface area contributed by atoms with Crippen LogP contribution in [0.4, 0.5) is 4.79 Å². The van der Waals surface area contributed by atoms with Gasteiger partial charge in [-0.3, -0.25) is 0 Å². The van der Waals surface area contributed by atoms with E-state index in [1.54, 1.807) is 0 Å². The minimum atomic E-state index is -0.0782. The average Bonchev–Trinajstić information content (AvgIpc) is 2.57. The Labute approximate surface area is 145 Å². The minimum Gasteiger partial charge on any atom is -0.491 e. The molecule has 1 fully saturated rings. The van der Waals surface area contributed by atoms with Crippen LogP contribution >= 0.6 is 0 Å². The fourth-order valence-electron chi connectivity index (χ4n) is 2.92. The Kier molecular flexibility index (Phi) is 7.89. The number of ether oxygens (including phenoxy) is 1. The summed E-state index contributed by atoms with van der Waals surface area (Å²) in [4.78, 5) is 11.8. The maximum Gasteiger partial charge on any atom is 0.314 e. The van der Waals surface area contributed by atoms with Crippen molar-refractivity contribution >= 4 is 6.03 Å². The third kappa shape index (κ3) is 7.21. The fraction of sp³-hybridized carbons (Fsp3) is 0.632. The van der Waals surface area contributed by atoms with E-state index in [0.717, 1.165) is 31.7 Å². The number of benzene rings is 1. The van der Waals surface area contributed by atoms with Crippen LogP contribution in [0.1, 0.15) is 45.1 Å². The van der Waals surface area contributed by atoms with E-state index in [2.05, 4.69) is 16.0 Å². The van der Waals surface area contributed by atoms with Gasteiger partial charge >= 0.3 is 6.03 Å². The van der Waals surface area contributed by atoms with Gasteiger partial charge < -0.3 is 20.7 Å². The van der Waals surface area contributed by atoms with Crippen molar-refractivity contribution in [3.05, 3.63) is 29.8 Å². The second-order valence-electron chi connectivity index (χ2n) is 6.68. The molecule has 0 saturated carbocycles. The zero-order valence-corrected chi connectivity index (χ0v) is 14.9. The molecular weight excluding hydrogens is 302 g/mol. The summed E-state index contributed by atoms with van der Waals surface area (Å²) in [5.74, 6) is 0.885. The van der Waals surface area contributed by atoms with Gasteiger partial charge in [0.2, 0.25) is 0 Å². The van der Waals surface area contributed by atoms with Crippen LogP contribution < -0.4 is 20.7 Å². The normalized spacial score (nSPS) is 17.5. The van der Waals surface area contributed by atoms with Gasteiger partial charge in [-0.2, -0.15) is 0 Å². The van der Waals surface area contributed by atoms with Crippen LogP contribution in [0.25, 0.3) is 0 Å². The molecular formula is C19H31N3O2. The van der Waals surface area contributed by atoms with E-state index in [4.69, 9.17) is 4.74 Å². The summed E-state index contributed by atoms with van der Waals surface area (Å²) in [7, 11) is 0. The highest BCUT2D eigenvalue weighted by molar-refractivity contribution is 5.73. The summed E-state index contributed by atoms with van der Waals surface area (Å²) in [6.07, 6.45) is 5.80. The Morgan fingerprint density at radius 3 is 2.62 bits per heavy atom. The molecule has 2 rings (SSSR count). The van der Waals surface area contributed by atoms with Crippen LogP contribution in [0.3, 0.4) is 0 Å². The van der Waals surface area contributed by atoms with E-state index in [-0.39, 0.29) is 12.1 Å². The van der Waals surface area contributed by atoms with E-state index >= 15 is 0 Å². The molecule has 0 aromatic heterocycles. The van der Waals surface area contributed by atoms with Crippen LogP contribution in [0.15, 0.2) is 24.3 Å². The predicted molar refractivity (Wildman–Crippen MR) is 97.6 cm³/mol. The molecule has 5 heteroatoms. The molecule has 1 unspecified atom stereocenters. The molecule has 1 aliphatic rings. The summed E-state index contributed by atoms with van der Waals surface area (Å²) < 4.78 is 5.62. The molecule has 0 spiro atoms. The SMILES string of the molecule is CC(C)Oc1ccc(CCNC(=O)NCCC2CCCCN2)cc1. The van der Waals surface area contributed by atoms with Crippen LogP contribution in [-0.2, 0) is 6.42 Å². The summed E-state index contributed by atoms with van der Waals surface area (Å²) in [6.45, 7) is 6.50. The molecule has 2 amide bonds. The Morgan fingerprint density at radius 2 is 1.96 bits per heavy atom. The van der Waals surface area contributed by atoms with Crippen LogP contribution in [0, 0.1) is 0 Å². The number of hydrogen-bond donors (Lipinski definition) is 3. The van der Waals surface area contributed by atoms with Gasteiger partial charge in [-0.25, -0.2) is 4.79 Å². The van der Waals surface area contributed by atoms with Gasteiger partial charge in [-0.1, -0.05) is 18.6 Å². The first-order chi connectivity index (χ1) is 11.6. The molecule has 1 heterocycles. The van der Waals surface area contributed by atoms with Crippen molar-refractivity contribution in [2.75, 3.05) is 19.6 Å². The maximum atomic E-state index is 11.8. The van der Waals surface area contributed by atoms with Crippen molar-refractivity contribution in [3.63, 3.8) is 0 Å². The Bertz CT molecular complexity index is 482. The van der Waals surface area contributed by atoms with Crippen LogP contribution in [0.5, 0.6) is 5.75 Å². The fourth-order valence-corrected chi connectivity index (χ4v) is 2.92. The molecule has 24 heavy (non-hydrogen) atoms. The highest BCUT2D eigenvalue weighted by Crippen LogP contribution is 2.14. The first kappa shape index (κ1) is 18.6. The first-order valence-corrected chi connectivity index (χ1v) is 9.14. The maximum absolute atomic E-state index is 11.8. The van der Waals surface area contributed by atoms with E-state index in [1.165, 1.54) is 24.8 Å². The lowest BCUT2D eigenvalue weighted by Crippen LogP contribution is -2.41. The van der Waals surface area contributed by atoms with Gasteiger partial charge in [0, 0.05) is 19.1 Å². The predicted octanol–water partition coefficient (Wildman–Crippen LogP) is 2.85. The van der Waals surface area contributed by atoms with Gasteiger partial charge in [0.1, 0.15) is 5.75 Å². The second-order valence-corrected chi connectivity index (χ2v) is 6.68. The largest absolute Gasteiger partial charge is 0.491 e. The number of urea groups is 1. The number of rotatable bonds is 8. The van der Waals surface area contributed by atoms with Gasteiger partial charge in [-0.15, -0.1) is 0 Å². The number of hydrogen-bond acceptors (Lipinski definition) is 3. The number of carbonyl (C=O) groups excluding carboxylic acids is 1. The monoisotopic (exact) mass is 333 g/mol. The summed E-state index contributed by atoms with van der Waals surface area (Å²) >= 11 is 0. The van der Waals surface area contributed by atoms with Crippen molar-refractivity contribution in [2.24, 2.45) is 0 Å². The summed E-state index contributed by atoms with van der Waals surface area (Å²) in [5.41, 5.74) is 1.19. The lowest BCUT2D eigenvalue weighted by Gasteiger charge is -2.23. The molecule has 5 nitrogen and oxygen atoms in total. The van der Waals surface area contributed by atoms with Crippen LogP contribution in [0.2, 0.25) is 0 Å². The van der Waals surface area contributed by atoms with E-state index < -0.39 is 0 Å². The van der Waals surface area contributed by atoms with Crippen molar-refractivity contribution < 1.29 is 9.53 Å². The molecule has 0 aliphatic carbocycles. The molecule has 1 saturated heterocycles. The lowest BCUT2D eigenvalue weighted by atomic mass is 10.0. The topological polar surface area (TPSA) is 62.4 Å². The highest BCUT2D eigenvalue weighted by atomic mass is 16.5. The minimum absolute atomic E-state index is 0.0782. The number of carbonyl (C=O) groups is 1. The van der Waals surface area contributed by atoms with Gasteiger partial charge in [-0.05, 0) is 63.8 Å². The second kappa shape index (κ2) is 10.2. The molecule has 1 aromatic carbocycles. The van der Waals surface area contributed by atoms with Crippen molar-refractivity contribution in [1.82, 2.24) is 16.0 Å². The summed E-state index contributed by atoms with van der Waals surface area (Å²) in [5, 5.41) is 9.34. The molecule has 1 atom stereocenters. The van der Waals surface area contributed by atoms with Crippen molar-refractivity contribution in [1.29, 1.82) is 0 Å². The van der Waals surface area contributed by atoms with Gasteiger partial charge in [0.05, 0.1) is 6.10 Å². The van der Waals surface area contributed by atoms with Crippen molar-refractivity contribution in [2.45, 2.75) is 58.1 Å². The van der Waals surface area contributed by atoms with E-state index in [0.29, 0.717) is 12.6 Å². The quantitative estimate of drug-likeness (QED) is 0.685. The third-order valence-electron chi connectivity index (χ3n) is 4.19. The Morgan fingerprint density at radius 1 is 1.21 bits per heavy atom. The smallest absolute Gasteiger partial charge is 0.314 e. The zero-order chi connectivity index (χ0) is 17.2. The zero-order valence-electron chi connectivity index (χ0n) is 14.9. The van der Waals surface area contributed by atoms with Crippen molar-refractivity contribution in [3.8, 4) is 5.75 Å². The molecule has 1 aliphatic heterocycles. The molecule has 134 valence electrons. The standard InChI is InChI=1S/C19H31N3O2/c1-15(2)24-18-8-6-16(7-9-18)10-13-21-19(23)22-14-11-17-5-3-4-12-20-17/h6-9,15,17,20H,3-5,10-14H2,1-2H3,(H2,21,22,23). The lowest BCUT2D eigenvalue weighted by molar-refractivity contribution is 0.239. The Hall–Kier alpha value is -1.75. The summed E-state index contributed by atoms with van der Waals surface area (Å²) in [6, 6.07) is 8.54. The first-order valence-electron chi connectivity index (χ1n) is 9.14. The number of piperidine rings is 1. The average molecular weight is 333 g/mol. The third-order valence-corrected chi connectivity index (χ3v) is 4.19. The van der Waals surface area contributed by atoms with E-state index in [1.807, 2.05) is 38.1 Å².